The van der Waals surface area contributed by atoms with Crippen LogP contribution in [0.2, 0.25) is 0 Å². The number of aromatic nitrogens is 2. The molecule has 0 radical (unpaired) electrons. The first-order valence-electron chi connectivity index (χ1n) is 4.37. The fourth-order valence-electron chi connectivity index (χ4n) is 1.02. The molecule has 0 aliphatic heterocycles. The second kappa shape index (κ2) is 4.64. The molecule has 4 nitrogen and oxygen atoms in total. The molecule has 0 saturated carbocycles. The Balaban J connectivity index is 2.20. The van der Waals surface area contributed by atoms with Crippen molar-refractivity contribution in [1.29, 1.82) is 0 Å². The smallest absolute Gasteiger partial charge is 0.219 e. The number of anilines is 1. The third-order valence-electron chi connectivity index (χ3n) is 1.73. The van der Waals surface area contributed by atoms with E-state index >= 15 is 0 Å². The zero-order valence-electron chi connectivity index (χ0n) is 7.45. The molecule has 0 saturated heterocycles. The van der Waals surface area contributed by atoms with Crippen molar-refractivity contribution >= 4 is 5.95 Å². The van der Waals surface area contributed by atoms with Crippen LogP contribution in [0.1, 0.15) is 26.2 Å². The van der Waals surface area contributed by atoms with Crippen molar-refractivity contribution in [1.82, 2.24) is 9.66 Å². The second-order valence-electron chi connectivity index (χ2n) is 2.77. The SMILES string of the molecule is CCCCCNn1ccnc1N. The van der Waals surface area contributed by atoms with E-state index in [1.807, 2.05) is 6.20 Å². The lowest BCUT2D eigenvalue weighted by molar-refractivity contribution is 0.704. The Morgan fingerprint density at radius 1 is 1.58 bits per heavy atom. The van der Waals surface area contributed by atoms with Gasteiger partial charge in [0.15, 0.2) is 0 Å². The first kappa shape index (κ1) is 8.90. The summed E-state index contributed by atoms with van der Waals surface area (Å²) in [5, 5.41) is 0. The number of hydrogen-bond donors (Lipinski definition) is 2. The maximum atomic E-state index is 5.54. The van der Waals surface area contributed by atoms with Crippen LogP contribution in [0.4, 0.5) is 5.95 Å². The van der Waals surface area contributed by atoms with Gasteiger partial charge in [0.1, 0.15) is 0 Å². The lowest BCUT2D eigenvalue weighted by atomic mass is 10.2. The van der Waals surface area contributed by atoms with E-state index < -0.39 is 0 Å². The van der Waals surface area contributed by atoms with Crippen LogP contribution in [0.3, 0.4) is 0 Å². The first-order valence-corrected chi connectivity index (χ1v) is 4.37. The maximum Gasteiger partial charge on any atom is 0.219 e. The normalized spacial score (nSPS) is 10.1. The minimum Gasteiger partial charge on any atom is -0.368 e. The predicted octanol–water partition coefficient (Wildman–Crippen LogP) is 1.20. The van der Waals surface area contributed by atoms with Crippen molar-refractivity contribution in [2.75, 3.05) is 17.7 Å². The molecule has 1 rings (SSSR count). The van der Waals surface area contributed by atoms with Gasteiger partial charge >= 0.3 is 0 Å². The molecule has 0 fully saturated rings. The summed E-state index contributed by atoms with van der Waals surface area (Å²) in [4.78, 5) is 3.89. The topological polar surface area (TPSA) is 55.9 Å². The van der Waals surface area contributed by atoms with Gasteiger partial charge in [0.25, 0.3) is 0 Å². The molecule has 0 aromatic carbocycles. The Bertz CT molecular complexity index is 219. The molecule has 0 aliphatic rings. The molecule has 4 heteroatoms. The van der Waals surface area contributed by atoms with Gasteiger partial charge in [0.05, 0.1) is 0 Å². The highest BCUT2D eigenvalue weighted by atomic mass is 15.4. The predicted molar refractivity (Wildman–Crippen MR) is 50.4 cm³/mol. The molecule has 3 N–H and O–H groups in total. The summed E-state index contributed by atoms with van der Waals surface area (Å²) in [7, 11) is 0. The molecule has 1 aromatic rings. The van der Waals surface area contributed by atoms with Crippen LogP contribution >= 0.6 is 0 Å². The number of nitrogens with zero attached hydrogens (tertiary/aromatic N) is 2. The van der Waals surface area contributed by atoms with E-state index in [-0.39, 0.29) is 0 Å². The summed E-state index contributed by atoms with van der Waals surface area (Å²) in [6, 6.07) is 0. The summed E-state index contributed by atoms with van der Waals surface area (Å²) in [6.45, 7) is 3.14. The molecular weight excluding hydrogens is 152 g/mol. The minimum absolute atomic E-state index is 0.520. The van der Waals surface area contributed by atoms with Gasteiger partial charge in [-0.15, -0.1) is 0 Å². The average Bonchev–Trinajstić information content (AvgIpc) is 2.46. The van der Waals surface area contributed by atoms with Gasteiger partial charge in [-0.1, -0.05) is 19.8 Å². The maximum absolute atomic E-state index is 5.54. The summed E-state index contributed by atoms with van der Waals surface area (Å²) in [5.41, 5.74) is 8.70. The van der Waals surface area contributed by atoms with E-state index in [0.717, 1.165) is 6.54 Å². The lowest BCUT2D eigenvalue weighted by Crippen LogP contribution is -2.17. The van der Waals surface area contributed by atoms with Gasteiger partial charge in [-0.25, -0.2) is 9.66 Å². The Morgan fingerprint density at radius 2 is 2.42 bits per heavy atom. The van der Waals surface area contributed by atoms with Crippen molar-refractivity contribution in [3.8, 4) is 0 Å². The molecule has 1 heterocycles. The Labute approximate surface area is 72.8 Å². The largest absolute Gasteiger partial charge is 0.368 e. The van der Waals surface area contributed by atoms with E-state index in [2.05, 4.69) is 17.3 Å². The van der Waals surface area contributed by atoms with E-state index in [4.69, 9.17) is 5.73 Å². The molecule has 0 unspecified atom stereocenters. The van der Waals surface area contributed by atoms with Crippen LogP contribution in [0.5, 0.6) is 0 Å². The summed E-state index contributed by atoms with van der Waals surface area (Å²) in [6.07, 6.45) is 7.17. The molecule has 12 heavy (non-hydrogen) atoms. The molecule has 0 amide bonds. The molecule has 0 spiro atoms. The molecular formula is C8H16N4. The van der Waals surface area contributed by atoms with E-state index in [0.29, 0.717) is 5.95 Å². The number of rotatable bonds is 5. The minimum atomic E-state index is 0.520. The number of nitrogens with one attached hydrogen (secondary N) is 1. The number of nitrogen functional groups attached to an aromatic ring is 1. The van der Waals surface area contributed by atoms with E-state index in [1.165, 1.54) is 19.3 Å². The summed E-state index contributed by atoms with van der Waals surface area (Å²) < 4.78 is 1.75. The van der Waals surface area contributed by atoms with Crippen molar-refractivity contribution in [3.05, 3.63) is 12.4 Å². The average molecular weight is 168 g/mol. The highest BCUT2D eigenvalue weighted by Gasteiger charge is 1.93. The van der Waals surface area contributed by atoms with Crippen LogP contribution in [0.15, 0.2) is 12.4 Å². The Morgan fingerprint density at radius 3 is 3.00 bits per heavy atom. The molecule has 0 bridgehead atoms. The highest BCUT2D eigenvalue weighted by molar-refractivity contribution is 5.17. The molecule has 68 valence electrons. The van der Waals surface area contributed by atoms with Crippen molar-refractivity contribution in [3.63, 3.8) is 0 Å². The van der Waals surface area contributed by atoms with Crippen molar-refractivity contribution in [2.24, 2.45) is 0 Å². The Hall–Kier alpha value is -1.19. The van der Waals surface area contributed by atoms with Crippen LogP contribution in [0.25, 0.3) is 0 Å². The zero-order valence-corrected chi connectivity index (χ0v) is 7.45. The van der Waals surface area contributed by atoms with E-state index in [9.17, 15) is 0 Å². The quantitative estimate of drug-likeness (QED) is 0.649. The van der Waals surface area contributed by atoms with Crippen molar-refractivity contribution < 1.29 is 0 Å². The van der Waals surface area contributed by atoms with E-state index in [1.54, 1.807) is 10.9 Å². The number of nitrogens with two attached hydrogens (primary N) is 1. The molecule has 1 aromatic heterocycles. The fourth-order valence-corrected chi connectivity index (χ4v) is 1.02. The first-order chi connectivity index (χ1) is 5.84. The third-order valence-corrected chi connectivity index (χ3v) is 1.73. The van der Waals surface area contributed by atoms with Gasteiger partial charge in [-0.3, -0.25) is 0 Å². The summed E-state index contributed by atoms with van der Waals surface area (Å²) in [5.74, 6) is 0.520. The Kier molecular flexibility index (Phi) is 3.44. The number of imidazole rings is 1. The van der Waals surface area contributed by atoms with Crippen LogP contribution in [0, 0.1) is 0 Å². The standard InChI is InChI=1S/C8H16N4/c1-2-3-4-5-11-12-7-6-10-8(12)9/h6-7,11H,2-5H2,1H3,(H2,9,10). The van der Waals surface area contributed by atoms with Gasteiger partial charge < -0.3 is 11.2 Å². The van der Waals surface area contributed by atoms with Crippen LogP contribution in [-0.4, -0.2) is 16.2 Å². The van der Waals surface area contributed by atoms with Crippen LogP contribution in [-0.2, 0) is 0 Å². The fraction of sp³-hybridized carbons (Fsp3) is 0.625. The van der Waals surface area contributed by atoms with Gasteiger partial charge in [0.2, 0.25) is 5.95 Å². The number of unbranched alkanes of at least 4 members (excludes halogenated alkanes) is 2. The summed E-state index contributed by atoms with van der Waals surface area (Å²) >= 11 is 0. The molecule has 0 aliphatic carbocycles. The lowest BCUT2D eigenvalue weighted by Gasteiger charge is -2.07. The van der Waals surface area contributed by atoms with Gasteiger partial charge in [-0.05, 0) is 6.42 Å². The third kappa shape index (κ3) is 2.45. The van der Waals surface area contributed by atoms with Gasteiger partial charge in [-0.2, -0.15) is 0 Å². The van der Waals surface area contributed by atoms with Crippen LogP contribution < -0.4 is 11.2 Å². The number of hydrogen-bond acceptors (Lipinski definition) is 3. The second-order valence-corrected chi connectivity index (χ2v) is 2.77. The molecule has 0 atom stereocenters. The monoisotopic (exact) mass is 168 g/mol. The van der Waals surface area contributed by atoms with Crippen molar-refractivity contribution in [2.45, 2.75) is 26.2 Å². The zero-order chi connectivity index (χ0) is 8.81. The van der Waals surface area contributed by atoms with Gasteiger partial charge in [0, 0.05) is 18.9 Å². The highest BCUT2D eigenvalue weighted by Crippen LogP contribution is 1.96.